The number of benzene rings is 1. The number of amides is 1. The van der Waals surface area contributed by atoms with Crippen molar-refractivity contribution in [1.82, 2.24) is 10.3 Å². The van der Waals surface area contributed by atoms with Crippen LogP contribution in [0.3, 0.4) is 0 Å². The first-order valence-electron chi connectivity index (χ1n) is 6.94. The van der Waals surface area contributed by atoms with Gasteiger partial charge in [0.2, 0.25) is 0 Å². The Morgan fingerprint density at radius 3 is 2.68 bits per heavy atom. The van der Waals surface area contributed by atoms with E-state index in [1.54, 1.807) is 0 Å². The molecule has 0 atom stereocenters. The molecule has 1 aliphatic carbocycles. The molecule has 0 saturated heterocycles. The Hall–Kier alpha value is -1.39. The van der Waals surface area contributed by atoms with Crippen LogP contribution in [0, 0.1) is 5.92 Å². The van der Waals surface area contributed by atoms with Crippen LogP contribution in [0.15, 0.2) is 24.3 Å². The van der Waals surface area contributed by atoms with Crippen LogP contribution in [0.1, 0.15) is 42.6 Å². The van der Waals surface area contributed by atoms with Crippen LogP contribution in [-0.2, 0) is 6.54 Å². The molecule has 1 saturated carbocycles. The normalized spacial score (nSPS) is 15.0. The minimum absolute atomic E-state index is 0.217. The fourth-order valence-corrected chi connectivity index (χ4v) is 2.27. The van der Waals surface area contributed by atoms with Crippen molar-refractivity contribution in [2.45, 2.75) is 39.3 Å². The Morgan fingerprint density at radius 2 is 2.11 bits per heavy atom. The molecule has 1 aromatic rings. The molecule has 0 bridgehead atoms. The molecule has 0 radical (unpaired) electrons. The van der Waals surface area contributed by atoms with Crippen LogP contribution in [0.5, 0.6) is 0 Å². The topological polar surface area (TPSA) is 58.4 Å². The first-order valence-corrected chi connectivity index (χ1v) is 6.94. The highest BCUT2D eigenvalue weighted by molar-refractivity contribution is 5.95. The molecule has 2 rings (SSSR count). The van der Waals surface area contributed by atoms with Gasteiger partial charge >= 0.3 is 0 Å². The Morgan fingerprint density at radius 1 is 1.42 bits per heavy atom. The largest absolute Gasteiger partial charge is 0.296 e. The number of nitrogens with one attached hydrogen (secondary N) is 1. The highest BCUT2D eigenvalue weighted by Crippen LogP contribution is 2.31. The maximum atomic E-state index is 11.8. The van der Waals surface area contributed by atoms with E-state index in [9.17, 15) is 4.79 Å². The zero-order valence-corrected chi connectivity index (χ0v) is 11.7. The second-order valence-corrected chi connectivity index (χ2v) is 5.60. The SMILES string of the molecule is CC(C)N(Cc1ccccc1C(=O)NN)CC1CC1. The number of carbonyl (C=O) groups is 1. The highest BCUT2D eigenvalue weighted by atomic mass is 16.2. The first-order chi connectivity index (χ1) is 9.11. The summed E-state index contributed by atoms with van der Waals surface area (Å²) in [4.78, 5) is 14.2. The summed E-state index contributed by atoms with van der Waals surface area (Å²) in [5, 5.41) is 0. The second-order valence-electron chi connectivity index (χ2n) is 5.60. The number of hydrazine groups is 1. The van der Waals surface area contributed by atoms with Gasteiger partial charge in [-0.3, -0.25) is 15.1 Å². The number of hydrogen-bond acceptors (Lipinski definition) is 3. The van der Waals surface area contributed by atoms with Crippen LogP contribution < -0.4 is 11.3 Å². The number of rotatable bonds is 6. The molecule has 1 aliphatic rings. The molecule has 0 heterocycles. The third kappa shape index (κ3) is 3.78. The molecule has 0 aliphatic heterocycles. The zero-order chi connectivity index (χ0) is 13.8. The fraction of sp³-hybridized carbons (Fsp3) is 0.533. The summed E-state index contributed by atoms with van der Waals surface area (Å²) < 4.78 is 0. The number of hydrogen-bond donors (Lipinski definition) is 2. The van der Waals surface area contributed by atoms with E-state index in [0.717, 1.165) is 24.6 Å². The first kappa shape index (κ1) is 14.0. The predicted molar refractivity (Wildman–Crippen MR) is 76.4 cm³/mol. The summed E-state index contributed by atoms with van der Waals surface area (Å²) in [5.74, 6) is 5.87. The molecule has 104 valence electrons. The highest BCUT2D eigenvalue weighted by Gasteiger charge is 2.26. The fourth-order valence-electron chi connectivity index (χ4n) is 2.27. The lowest BCUT2D eigenvalue weighted by Crippen LogP contribution is -2.35. The molecule has 3 N–H and O–H groups in total. The van der Waals surface area contributed by atoms with Crippen LogP contribution in [-0.4, -0.2) is 23.4 Å². The lowest BCUT2D eigenvalue weighted by atomic mass is 10.1. The van der Waals surface area contributed by atoms with Gasteiger partial charge in [-0.1, -0.05) is 18.2 Å². The van der Waals surface area contributed by atoms with Gasteiger partial charge in [0.05, 0.1) is 0 Å². The molecule has 19 heavy (non-hydrogen) atoms. The molecule has 4 nitrogen and oxygen atoms in total. The average Bonchev–Trinajstić information content (AvgIpc) is 3.21. The maximum absolute atomic E-state index is 11.8. The summed E-state index contributed by atoms with van der Waals surface area (Å²) in [5.41, 5.74) is 3.93. The van der Waals surface area contributed by atoms with Gasteiger partial charge in [0.1, 0.15) is 0 Å². The van der Waals surface area contributed by atoms with E-state index in [-0.39, 0.29) is 5.91 Å². The van der Waals surface area contributed by atoms with Gasteiger partial charge in [-0.2, -0.15) is 0 Å². The lowest BCUT2D eigenvalue weighted by molar-refractivity contribution is 0.0950. The van der Waals surface area contributed by atoms with Crippen molar-refractivity contribution in [3.63, 3.8) is 0 Å². The number of carbonyl (C=O) groups excluding carboxylic acids is 1. The van der Waals surface area contributed by atoms with Crippen molar-refractivity contribution in [3.8, 4) is 0 Å². The Bertz CT molecular complexity index is 441. The van der Waals surface area contributed by atoms with E-state index in [1.165, 1.54) is 12.8 Å². The summed E-state index contributed by atoms with van der Waals surface area (Å²) in [7, 11) is 0. The maximum Gasteiger partial charge on any atom is 0.265 e. The van der Waals surface area contributed by atoms with Gasteiger partial charge in [-0.15, -0.1) is 0 Å². The number of nitrogens with zero attached hydrogens (tertiary/aromatic N) is 1. The smallest absolute Gasteiger partial charge is 0.265 e. The minimum atomic E-state index is -0.217. The van der Waals surface area contributed by atoms with E-state index in [4.69, 9.17) is 5.84 Å². The Balaban J connectivity index is 2.13. The van der Waals surface area contributed by atoms with Crippen molar-refractivity contribution >= 4 is 5.91 Å². The molecule has 0 aromatic heterocycles. The van der Waals surface area contributed by atoms with Crippen molar-refractivity contribution in [3.05, 3.63) is 35.4 Å². The Kier molecular flexibility index (Phi) is 4.56. The van der Waals surface area contributed by atoms with Crippen LogP contribution >= 0.6 is 0 Å². The summed E-state index contributed by atoms with van der Waals surface area (Å²) >= 11 is 0. The quantitative estimate of drug-likeness (QED) is 0.467. The summed E-state index contributed by atoms with van der Waals surface area (Å²) in [6.07, 6.45) is 2.68. The molecule has 1 amide bonds. The molecule has 0 spiro atoms. The molecular weight excluding hydrogens is 238 g/mol. The monoisotopic (exact) mass is 261 g/mol. The number of nitrogens with two attached hydrogens (primary N) is 1. The van der Waals surface area contributed by atoms with E-state index in [2.05, 4.69) is 24.2 Å². The van der Waals surface area contributed by atoms with Crippen LogP contribution in [0.2, 0.25) is 0 Å². The van der Waals surface area contributed by atoms with Gasteiger partial charge in [0.15, 0.2) is 0 Å². The lowest BCUT2D eigenvalue weighted by Gasteiger charge is -2.27. The van der Waals surface area contributed by atoms with E-state index in [1.807, 2.05) is 24.3 Å². The van der Waals surface area contributed by atoms with Crippen molar-refractivity contribution < 1.29 is 4.79 Å². The van der Waals surface area contributed by atoms with Gasteiger partial charge in [0, 0.05) is 24.7 Å². The third-order valence-electron chi connectivity index (χ3n) is 3.69. The molecule has 4 heteroatoms. The Labute approximate surface area is 114 Å². The number of nitrogen functional groups attached to an aromatic ring is 1. The van der Waals surface area contributed by atoms with Crippen molar-refractivity contribution in [2.75, 3.05) is 6.54 Å². The molecule has 0 unspecified atom stereocenters. The third-order valence-corrected chi connectivity index (χ3v) is 3.69. The standard InChI is InChI=1S/C15H23N3O/c1-11(2)18(9-12-7-8-12)10-13-5-3-4-6-14(13)15(19)17-16/h3-6,11-12H,7-10,16H2,1-2H3,(H,17,19). The van der Waals surface area contributed by atoms with Crippen molar-refractivity contribution in [2.24, 2.45) is 11.8 Å². The molecular formula is C15H23N3O. The second kappa shape index (κ2) is 6.17. The molecule has 1 fully saturated rings. The molecule has 1 aromatic carbocycles. The van der Waals surface area contributed by atoms with Crippen LogP contribution in [0.4, 0.5) is 0 Å². The zero-order valence-electron chi connectivity index (χ0n) is 11.7. The van der Waals surface area contributed by atoms with Gasteiger partial charge in [-0.05, 0) is 44.2 Å². The van der Waals surface area contributed by atoms with E-state index in [0.29, 0.717) is 11.6 Å². The average molecular weight is 261 g/mol. The minimum Gasteiger partial charge on any atom is -0.296 e. The summed E-state index contributed by atoms with van der Waals surface area (Å²) in [6.45, 7) is 6.33. The van der Waals surface area contributed by atoms with Gasteiger partial charge in [0.25, 0.3) is 5.91 Å². The van der Waals surface area contributed by atoms with Crippen LogP contribution in [0.25, 0.3) is 0 Å². The summed E-state index contributed by atoms with van der Waals surface area (Å²) in [6, 6.07) is 8.15. The van der Waals surface area contributed by atoms with Crippen molar-refractivity contribution in [1.29, 1.82) is 0 Å². The van der Waals surface area contributed by atoms with E-state index < -0.39 is 0 Å². The van der Waals surface area contributed by atoms with E-state index >= 15 is 0 Å². The van der Waals surface area contributed by atoms with Gasteiger partial charge < -0.3 is 0 Å². The van der Waals surface area contributed by atoms with Gasteiger partial charge in [-0.25, -0.2) is 5.84 Å². The predicted octanol–water partition coefficient (Wildman–Crippen LogP) is 1.91.